The molecule has 3 nitrogen and oxygen atoms in total. The lowest BCUT2D eigenvalue weighted by Crippen LogP contribution is -1.86. The standard InChI is InChI=1S/C14H7Cl2N3/c15-9-5-8(7-17)6-10(16)13(9)14-18-11-3-1-2-4-12(11)19-14/h1-6H,(H,18,19). The molecular weight excluding hydrogens is 281 g/mol. The molecule has 0 saturated carbocycles. The number of hydrogen-bond donors (Lipinski definition) is 1. The van der Waals surface area contributed by atoms with E-state index in [0.29, 0.717) is 27.0 Å². The fourth-order valence-corrected chi connectivity index (χ4v) is 2.60. The fraction of sp³-hybridized carbons (Fsp3) is 0. The Morgan fingerprint density at radius 2 is 1.79 bits per heavy atom. The minimum absolute atomic E-state index is 0.406. The highest BCUT2D eigenvalue weighted by molar-refractivity contribution is 6.39. The second kappa shape index (κ2) is 4.58. The highest BCUT2D eigenvalue weighted by Crippen LogP contribution is 2.35. The number of fused-ring (bicyclic) bond motifs is 1. The zero-order valence-electron chi connectivity index (χ0n) is 9.61. The van der Waals surface area contributed by atoms with Gasteiger partial charge in [0.25, 0.3) is 0 Å². The van der Waals surface area contributed by atoms with Crippen LogP contribution in [0.15, 0.2) is 36.4 Å². The van der Waals surface area contributed by atoms with Crippen molar-refractivity contribution < 1.29 is 0 Å². The molecule has 92 valence electrons. The van der Waals surface area contributed by atoms with Crippen molar-refractivity contribution in [1.29, 1.82) is 5.26 Å². The van der Waals surface area contributed by atoms with Gasteiger partial charge in [-0.2, -0.15) is 5.26 Å². The second-order valence-corrected chi connectivity index (χ2v) is 4.84. The second-order valence-electron chi connectivity index (χ2n) is 4.03. The Hall–Kier alpha value is -2.02. The van der Waals surface area contributed by atoms with Gasteiger partial charge in [0.2, 0.25) is 0 Å². The Morgan fingerprint density at radius 3 is 2.42 bits per heavy atom. The smallest absolute Gasteiger partial charge is 0.141 e. The third kappa shape index (κ3) is 2.06. The first-order valence-electron chi connectivity index (χ1n) is 5.53. The van der Waals surface area contributed by atoms with Crippen molar-refractivity contribution in [3.63, 3.8) is 0 Å². The van der Waals surface area contributed by atoms with Crippen LogP contribution >= 0.6 is 23.2 Å². The first-order valence-corrected chi connectivity index (χ1v) is 6.29. The average Bonchev–Trinajstić information content (AvgIpc) is 2.80. The SMILES string of the molecule is N#Cc1cc(Cl)c(-c2nc3ccccc3[nH]2)c(Cl)c1. The van der Waals surface area contributed by atoms with Crippen LogP contribution in [0.25, 0.3) is 22.4 Å². The van der Waals surface area contributed by atoms with E-state index in [0.717, 1.165) is 11.0 Å². The van der Waals surface area contributed by atoms with Crippen molar-refractivity contribution in [2.45, 2.75) is 0 Å². The molecule has 0 radical (unpaired) electrons. The molecule has 0 atom stereocenters. The Labute approximate surface area is 119 Å². The molecule has 0 bridgehead atoms. The van der Waals surface area contributed by atoms with Crippen LogP contribution in [0.3, 0.4) is 0 Å². The van der Waals surface area contributed by atoms with Gasteiger partial charge in [0.15, 0.2) is 0 Å². The summed E-state index contributed by atoms with van der Waals surface area (Å²) in [4.78, 5) is 7.62. The molecule has 0 amide bonds. The molecular formula is C14H7Cl2N3. The van der Waals surface area contributed by atoms with E-state index in [-0.39, 0.29) is 0 Å². The predicted octanol–water partition coefficient (Wildman–Crippen LogP) is 4.41. The van der Waals surface area contributed by atoms with Crippen molar-refractivity contribution in [3.05, 3.63) is 52.0 Å². The topological polar surface area (TPSA) is 52.5 Å². The summed E-state index contributed by atoms with van der Waals surface area (Å²) >= 11 is 12.4. The van der Waals surface area contributed by atoms with Crippen molar-refractivity contribution in [2.24, 2.45) is 0 Å². The summed E-state index contributed by atoms with van der Waals surface area (Å²) in [7, 11) is 0. The monoisotopic (exact) mass is 287 g/mol. The number of nitrogens with one attached hydrogen (secondary N) is 1. The van der Waals surface area contributed by atoms with E-state index in [1.54, 1.807) is 12.1 Å². The van der Waals surface area contributed by atoms with E-state index in [9.17, 15) is 0 Å². The van der Waals surface area contributed by atoms with Crippen molar-refractivity contribution >= 4 is 34.2 Å². The highest BCUT2D eigenvalue weighted by atomic mass is 35.5. The first kappa shape index (κ1) is 12.0. The number of rotatable bonds is 1. The molecule has 0 unspecified atom stereocenters. The summed E-state index contributed by atoms with van der Waals surface area (Å²) in [5, 5.41) is 9.68. The Kier molecular flexibility index (Phi) is 2.90. The van der Waals surface area contributed by atoms with Gasteiger partial charge < -0.3 is 4.98 Å². The normalized spacial score (nSPS) is 10.6. The predicted molar refractivity (Wildman–Crippen MR) is 76.3 cm³/mol. The maximum Gasteiger partial charge on any atom is 0.141 e. The highest BCUT2D eigenvalue weighted by Gasteiger charge is 2.14. The number of imidazole rings is 1. The molecule has 0 aliphatic carbocycles. The molecule has 0 aliphatic heterocycles. The van der Waals surface area contributed by atoms with Crippen LogP contribution in [0.5, 0.6) is 0 Å². The molecule has 0 saturated heterocycles. The molecule has 3 rings (SSSR count). The number of halogens is 2. The Bertz CT molecular complexity index is 759. The van der Waals surface area contributed by atoms with Gasteiger partial charge in [-0.25, -0.2) is 4.98 Å². The fourth-order valence-electron chi connectivity index (χ4n) is 1.94. The molecule has 0 fully saturated rings. The first-order chi connectivity index (χ1) is 9.19. The Balaban J connectivity index is 2.24. The lowest BCUT2D eigenvalue weighted by molar-refractivity contribution is 1.33. The molecule has 1 N–H and O–H groups in total. The van der Waals surface area contributed by atoms with Crippen molar-refractivity contribution in [3.8, 4) is 17.5 Å². The number of aromatic nitrogens is 2. The van der Waals surface area contributed by atoms with Crippen LogP contribution < -0.4 is 0 Å². The minimum atomic E-state index is 0.406. The number of para-hydroxylation sites is 2. The van der Waals surface area contributed by atoms with Crippen molar-refractivity contribution in [1.82, 2.24) is 9.97 Å². The van der Waals surface area contributed by atoms with Gasteiger partial charge in [-0.15, -0.1) is 0 Å². The molecule has 2 aromatic carbocycles. The molecule has 1 aromatic heterocycles. The van der Waals surface area contributed by atoms with Gasteiger partial charge in [-0.3, -0.25) is 0 Å². The van der Waals surface area contributed by atoms with Crippen LogP contribution in [-0.4, -0.2) is 9.97 Å². The summed E-state index contributed by atoms with van der Waals surface area (Å²) in [6.45, 7) is 0. The summed E-state index contributed by atoms with van der Waals surface area (Å²) in [6, 6.07) is 12.8. The molecule has 5 heteroatoms. The van der Waals surface area contributed by atoms with Gasteiger partial charge in [0, 0.05) is 0 Å². The van der Waals surface area contributed by atoms with Crippen LogP contribution in [0.4, 0.5) is 0 Å². The number of nitriles is 1. The molecule has 1 heterocycles. The summed E-state index contributed by atoms with van der Waals surface area (Å²) < 4.78 is 0. The Morgan fingerprint density at radius 1 is 1.11 bits per heavy atom. The maximum atomic E-state index is 8.87. The van der Waals surface area contributed by atoms with E-state index >= 15 is 0 Å². The van der Waals surface area contributed by atoms with Gasteiger partial charge in [-0.1, -0.05) is 35.3 Å². The summed E-state index contributed by atoms with van der Waals surface area (Å²) in [6.07, 6.45) is 0. The largest absolute Gasteiger partial charge is 0.338 e. The summed E-state index contributed by atoms with van der Waals surface area (Å²) in [5.74, 6) is 0.598. The number of nitrogens with zero attached hydrogens (tertiary/aromatic N) is 2. The van der Waals surface area contributed by atoms with Crippen molar-refractivity contribution in [2.75, 3.05) is 0 Å². The van der Waals surface area contributed by atoms with E-state index in [1.165, 1.54) is 0 Å². The zero-order valence-corrected chi connectivity index (χ0v) is 11.1. The van der Waals surface area contributed by atoms with Crippen LogP contribution in [0, 0.1) is 11.3 Å². The van der Waals surface area contributed by atoms with Crippen LogP contribution in [0.2, 0.25) is 10.0 Å². The number of hydrogen-bond acceptors (Lipinski definition) is 2. The van der Waals surface area contributed by atoms with E-state index in [2.05, 4.69) is 9.97 Å². The van der Waals surface area contributed by atoms with E-state index in [4.69, 9.17) is 28.5 Å². The lowest BCUT2D eigenvalue weighted by Gasteiger charge is -2.04. The molecule has 19 heavy (non-hydrogen) atoms. The average molecular weight is 288 g/mol. The van der Waals surface area contributed by atoms with Gasteiger partial charge in [0.05, 0.1) is 38.3 Å². The third-order valence-electron chi connectivity index (χ3n) is 2.80. The van der Waals surface area contributed by atoms with Gasteiger partial charge in [-0.05, 0) is 24.3 Å². The third-order valence-corrected chi connectivity index (χ3v) is 3.39. The van der Waals surface area contributed by atoms with Gasteiger partial charge >= 0.3 is 0 Å². The van der Waals surface area contributed by atoms with Crippen LogP contribution in [-0.2, 0) is 0 Å². The number of H-pyrrole nitrogens is 1. The molecule has 3 aromatic rings. The lowest BCUT2D eigenvalue weighted by atomic mass is 10.1. The molecule has 0 spiro atoms. The summed E-state index contributed by atoms with van der Waals surface area (Å²) in [5.41, 5.74) is 2.79. The van der Waals surface area contributed by atoms with Crippen LogP contribution in [0.1, 0.15) is 5.56 Å². The van der Waals surface area contributed by atoms with E-state index in [1.807, 2.05) is 30.3 Å². The number of aromatic amines is 1. The van der Waals surface area contributed by atoms with E-state index < -0.39 is 0 Å². The quantitative estimate of drug-likeness (QED) is 0.721. The van der Waals surface area contributed by atoms with Gasteiger partial charge in [0.1, 0.15) is 5.82 Å². The minimum Gasteiger partial charge on any atom is -0.338 e. The number of benzene rings is 2. The maximum absolute atomic E-state index is 8.87. The molecule has 0 aliphatic rings. The zero-order chi connectivity index (χ0) is 13.4.